The first-order chi connectivity index (χ1) is 9.89. The number of ether oxygens (including phenoxy) is 2. The number of aryl methyl sites for hydroxylation is 2. The van der Waals surface area contributed by atoms with Crippen LogP contribution in [-0.2, 0) is 11.3 Å². The molecule has 0 saturated carbocycles. The molecule has 4 nitrogen and oxygen atoms in total. The molecule has 0 atom stereocenters. The second-order valence-corrected chi connectivity index (χ2v) is 6.10. The standard InChI is InChI=1S/C17H30N2O2/c1-7-9-18-12-15-13(2)11-14(3)19-16(15)21-10-8-17(4,5)20-6/h11,18H,7-10,12H2,1-6H3. The topological polar surface area (TPSA) is 43.4 Å². The van der Waals surface area contributed by atoms with Crippen LogP contribution in [0.15, 0.2) is 6.07 Å². The van der Waals surface area contributed by atoms with Crippen molar-refractivity contribution in [1.82, 2.24) is 10.3 Å². The van der Waals surface area contributed by atoms with Gasteiger partial charge in [-0.3, -0.25) is 0 Å². The van der Waals surface area contributed by atoms with Gasteiger partial charge in [-0.15, -0.1) is 0 Å². The summed E-state index contributed by atoms with van der Waals surface area (Å²) in [4.78, 5) is 4.56. The van der Waals surface area contributed by atoms with Gasteiger partial charge in [-0.2, -0.15) is 0 Å². The predicted octanol–water partition coefficient (Wildman–Crippen LogP) is 3.39. The average molecular weight is 294 g/mol. The third-order valence-corrected chi connectivity index (χ3v) is 3.66. The van der Waals surface area contributed by atoms with Gasteiger partial charge in [0, 0.05) is 31.3 Å². The molecule has 0 aromatic carbocycles. The second-order valence-electron chi connectivity index (χ2n) is 6.10. The molecule has 0 unspecified atom stereocenters. The maximum Gasteiger partial charge on any atom is 0.218 e. The van der Waals surface area contributed by atoms with Crippen LogP contribution in [-0.4, -0.2) is 30.8 Å². The highest BCUT2D eigenvalue weighted by Gasteiger charge is 2.17. The van der Waals surface area contributed by atoms with Gasteiger partial charge >= 0.3 is 0 Å². The molecule has 0 aliphatic carbocycles. The minimum absolute atomic E-state index is 0.167. The molecule has 0 amide bonds. The van der Waals surface area contributed by atoms with Gasteiger partial charge in [-0.1, -0.05) is 6.92 Å². The van der Waals surface area contributed by atoms with Crippen molar-refractivity contribution < 1.29 is 9.47 Å². The Morgan fingerprint density at radius 3 is 2.62 bits per heavy atom. The Labute approximate surface area is 129 Å². The minimum atomic E-state index is -0.167. The number of nitrogens with one attached hydrogen (secondary N) is 1. The number of hydrogen-bond acceptors (Lipinski definition) is 4. The smallest absolute Gasteiger partial charge is 0.218 e. The third-order valence-electron chi connectivity index (χ3n) is 3.66. The molecular weight excluding hydrogens is 264 g/mol. The Bertz CT molecular complexity index is 445. The molecule has 0 spiro atoms. The van der Waals surface area contributed by atoms with Gasteiger partial charge in [0.15, 0.2) is 0 Å². The molecule has 1 heterocycles. The molecule has 21 heavy (non-hydrogen) atoms. The zero-order chi connectivity index (χ0) is 15.9. The fraction of sp³-hybridized carbons (Fsp3) is 0.706. The van der Waals surface area contributed by atoms with E-state index in [9.17, 15) is 0 Å². The van der Waals surface area contributed by atoms with E-state index < -0.39 is 0 Å². The first-order valence-electron chi connectivity index (χ1n) is 7.75. The molecule has 0 aliphatic rings. The largest absolute Gasteiger partial charge is 0.477 e. The van der Waals surface area contributed by atoms with Crippen molar-refractivity contribution in [1.29, 1.82) is 0 Å². The van der Waals surface area contributed by atoms with Crippen LogP contribution in [0, 0.1) is 13.8 Å². The number of rotatable bonds is 9. The van der Waals surface area contributed by atoms with Gasteiger partial charge in [-0.25, -0.2) is 4.98 Å². The normalized spacial score (nSPS) is 11.7. The van der Waals surface area contributed by atoms with Crippen molar-refractivity contribution in [2.24, 2.45) is 0 Å². The maximum absolute atomic E-state index is 5.94. The SMILES string of the molecule is CCCNCc1c(C)cc(C)nc1OCCC(C)(C)OC. The molecule has 4 heteroatoms. The van der Waals surface area contributed by atoms with Gasteiger partial charge in [0.25, 0.3) is 0 Å². The van der Waals surface area contributed by atoms with E-state index in [-0.39, 0.29) is 5.60 Å². The lowest BCUT2D eigenvalue weighted by molar-refractivity contribution is 0.00498. The molecule has 1 aromatic rings. The van der Waals surface area contributed by atoms with Crippen molar-refractivity contribution in [3.05, 3.63) is 22.9 Å². The molecule has 0 bridgehead atoms. The van der Waals surface area contributed by atoms with Gasteiger partial charge < -0.3 is 14.8 Å². The van der Waals surface area contributed by atoms with E-state index in [0.717, 1.165) is 43.1 Å². The van der Waals surface area contributed by atoms with Crippen LogP contribution in [0.25, 0.3) is 0 Å². The summed E-state index contributed by atoms with van der Waals surface area (Å²) in [5.74, 6) is 0.753. The molecule has 0 saturated heterocycles. The molecule has 1 rings (SSSR count). The Morgan fingerprint density at radius 1 is 1.29 bits per heavy atom. The van der Waals surface area contributed by atoms with Crippen LogP contribution in [0.2, 0.25) is 0 Å². The second kappa shape index (κ2) is 8.35. The summed E-state index contributed by atoms with van der Waals surface area (Å²) in [6.45, 7) is 12.8. The van der Waals surface area contributed by atoms with Gasteiger partial charge in [0.1, 0.15) is 0 Å². The average Bonchev–Trinajstić information content (AvgIpc) is 2.41. The van der Waals surface area contributed by atoms with E-state index in [1.807, 2.05) is 6.92 Å². The summed E-state index contributed by atoms with van der Waals surface area (Å²) in [5, 5.41) is 3.43. The monoisotopic (exact) mass is 294 g/mol. The molecule has 0 radical (unpaired) electrons. The van der Waals surface area contributed by atoms with Gasteiger partial charge in [0.2, 0.25) is 5.88 Å². The summed E-state index contributed by atoms with van der Waals surface area (Å²) in [7, 11) is 1.73. The van der Waals surface area contributed by atoms with Crippen LogP contribution in [0.5, 0.6) is 5.88 Å². The third kappa shape index (κ3) is 6.02. The summed E-state index contributed by atoms with van der Waals surface area (Å²) in [6.07, 6.45) is 1.95. The molecular formula is C17H30N2O2. The van der Waals surface area contributed by atoms with Crippen molar-refractivity contribution in [2.45, 2.75) is 59.6 Å². The van der Waals surface area contributed by atoms with Gasteiger partial charge in [0.05, 0.1) is 12.2 Å². The Kier molecular flexibility index (Phi) is 7.12. The Hall–Kier alpha value is -1.13. The molecule has 0 aliphatic heterocycles. The molecule has 1 N–H and O–H groups in total. The van der Waals surface area contributed by atoms with Gasteiger partial charge in [-0.05, 0) is 52.3 Å². The Morgan fingerprint density at radius 2 is 2.00 bits per heavy atom. The predicted molar refractivity (Wildman–Crippen MR) is 86.9 cm³/mol. The van der Waals surface area contributed by atoms with E-state index >= 15 is 0 Å². The zero-order valence-electron chi connectivity index (χ0n) is 14.4. The fourth-order valence-electron chi connectivity index (χ4n) is 2.05. The van der Waals surface area contributed by atoms with E-state index in [4.69, 9.17) is 9.47 Å². The van der Waals surface area contributed by atoms with Crippen LogP contribution < -0.4 is 10.1 Å². The van der Waals surface area contributed by atoms with Crippen LogP contribution in [0.4, 0.5) is 0 Å². The van der Waals surface area contributed by atoms with Crippen molar-refractivity contribution in [2.75, 3.05) is 20.3 Å². The molecule has 1 aromatic heterocycles. The highest BCUT2D eigenvalue weighted by atomic mass is 16.5. The van der Waals surface area contributed by atoms with Crippen LogP contribution in [0.1, 0.15) is 50.4 Å². The molecule has 0 fully saturated rings. The minimum Gasteiger partial charge on any atom is -0.477 e. The van der Waals surface area contributed by atoms with Crippen molar-refractivity contribution in [3.63, 3.8) is 0 Å². The summed E-state index contributed by atoms with van der Waals surface area (Å²) >= 11 is 0. The number of methoxy groups -OCH3 is 1. The van der Waals surface area contributed by atoms with Crippen molar-refractivity contribution >= 4 is 0 Å². The summed E-state index contributed by atoms with van der Waals surface area (Å²) in [6, 6.07) is 2.11. The number of hydrogen-bond donors (Lipinski definition) is 1. The van der Waals surface area contributed by atoms with E-state index in [0.29, 0.717) is 6.61 Å². The Balaban J connectivity index is 2.74. The van der Waals surface area contributed by atoms with Crippen LogP contribution in [0.3, 0.4) is 0 Å². The van der Waals surface area contributed by atoms with E-state index in [1.54, 1.807) is 7.11 Å². The lowest BCUT2D eigenvalue weighted by atomic mass is 10.1. The van der Waals surface area contributed by atoms with Crippen molar-refractivity contribution in [3.8, 4) is 5.88 Å². The lowest BCUT2D eigenvalue weighted by Crippen LogP contribution is -2.25. The number of pyridine rings is 1. The lowest BCUT2D eigenvalue weighted by Gasteiger charge is -2.23. The first-order valence-corrected chi connectivity index (χ1v) is 7.75. The first kappa shape index (κ1) is 17.9. The number of nitrogens with zero attached hydrogens (tertiary/aromatic N) is 1. The maximum atomic E-state index is 5.94. The highest BCUT2D eigenvalue weighted by Crippen LogP contribution is 2.22. The quantitative estimate of drug-likeness (QED) is 0.709. The highest BCUT2D eigenvalue weighted by molar-refractivity contribution is 5.35. The van der Waals surface area contributed by atoms with Crippen LogP contribution >= 0.6 is 0 Å². The fourth-order valence-corrected chi connectivity index (χ4v) is 2.05. The molecule has 120 valence electrons. The van der Waals surface area contributed by atoms with E-state index in [1.165, 1.54) is 5.56 Å². The zero-order valence-corrected chi connectivity index (χ0v) is 14.4. The summed E-state index contributed by atoms with van der Waals surface area (Å²) < 4.78 is 11.4. The van der Waals surface area contributed by atoms with E-state index in [2.05, 4.69) is 44.1 Å². The summed E-state index contributed by atoms with van der Waals surface area (Å²) in [5.41, 5.74) is 3.21. The number of aromatic nitrogens is 1.